The summed E-state index contributed by atoms with van der Waals surface area (Å²) in [7, 11) is 1.37. The number of benzene rings is 2. The van der Waals surface area contributed by atoms with E-state index in [4.69, 9.17) is 14.6 Å². The topological polar surface area (TPSA) is 109 Å². The smallest absolute Gasteiger partial charge is 0.341 e. The summed E-state index contributed by atoms with van der Waals surface area (Å²) in [5, 5.41) is 19.0. The van der Waals surface area contributed by atoms with E-state index in [2.05, 4.69) is 4.98 Å². The molecule has 0 saturated heterocycles. The number of nitrogens with one attached hydrogen (secondary N) is 1. The number of phenolic OH excluding ortho intramolecular Hbond substituents is 1. The number of hydrogen-bond acceptors (Lipinski definition) is 5. The zero-order valence-electron chi connectivity index (χ0n) is 13.3. The van der Waals surface area contributed by atoms with Gasteiger partial charge in [0.2, 0.25) is 0 Å². The Hall–Kier alpha value is -3.48. The minimum Gasteiger partial charge on any atom is -0.507 e. The fourth-order valence-electron chi connectivity index (χ4n) is 2.59. The second kappa shape index (κ2) is 6.56. The van der Waals surface area contributed by atoms with Crippen molar-refractivity contribution in [2.75, 3.05) is 13.7 Å². The summed E-state index contributed by atoms with van der Waals surface area (Å²) in [5.41, 5.74) is 1.15. The third-order valence-electron chi connectivity index (χ3n) is 3.65. The van der Waals surface area contributed by atoms with E-state index in [1.165, 1.54) is 19.2 Å². The second-order valence-electron chi connectivity index (χ2n) is 5.27. The van der Waals surface area contributed by atoms with Gasteiger partial charge in [0, 0.05) is 17.8 Å². The molecule has 0 radical (unpaired) electrons. The highest BCUT2D eigenvalue weighted by molar-refractivity contribution is 5.93. The van der Waals surface area contributed by atoms with E-state index in [9.17, 15) is 14.7 Å². The number of aromatic hydroxyl groups is 1. The molecule has 1 heterocycles. The first-order valence-corrected chi connectivity index (χ1v) is 7.38. The van der Waals surface area contributed by atoms with Crippen molar-refractivity contribution in [1.29, 1.82) is 0 Å². The van der Waals surface area contributed by atoms with Gasteiger partial charge in [0.05, 0.1) is 12.5 Å². The highest BCUT2D eigenvalue weighted by atomic mass is 16.5. The molecule has 0 atom stereocenters. The summed E-state index contributed by atoms with van der Waals surface area (Å²) < 4.78 is 10.4. The van der Waals surface area contributed by atoms with Gasteiger partial charge in [0.1, 0.15) is 11.3 Å². The van der Waals surface area contributed by atoms with Gasteiger partial charge < -0.3 is 24.7 Å². The lowest BCUT2D eigenvalue weighted by molar-refractivity contribution is -0.139. The number of ether oxygens (including phenoxy) is 2. The van der Waals surface area contributed by atoms with E-state index >= 15 is 0 Å². The Morgan fingerprint density at radius 2 is 1.92 bits per heavy atom. The largest absolute Gasteiger partial charge is 0.507 e. The van der Waals surface area contributed by atoms with Crippen LogP contribution in [-0.2, 0) is 4.79 Å². The minimum atomic E-state index is -1.17. The molecule has 0 fully saturated rings. The third-order valence-corrected chi connectivity index (χ3v) is 3.65. The van der Waals surface area contributed by atoms with Gasteiger partial charge in [-0.3, -0.25) is 4.79 Å². The minimum absolute atomic E-state index is 0.0239. The van der Waals surface area contributed by atoms with Gasteiger partial charge >= 0.3 is 5.97 Å². The number of carbonyl (C=O) groups is 1. The van der Waals surface area contributed by atoms with Crippen molar-refractivity contribution in [3.05, 3.63) is 52.7 Å². The molecule has 7 heteroatoms. The molecule has 3 N–H and O–H groups in total. The van der Waals surface area contributed by atoms with Crippen molar-refractivity contribution < 1.29 is 24.5 Å². The molecular formula is C18H15NO6. The van der Waals surface area contributed by atoms with Crippen molar-refractivity contribution >= 4 is 16.9 Å². The van der Waals surface area contributed by atoms with Gasteiger partial charge in [-0.15, -0.1) is 0 Å². The molecule has 0 unspecified atom stereocenters. The fraction of sp³-hybridized carbons (Fsp3) is 0.111. The van der Waals surface area contributed by atoms with Gasteiger partial charge in [0.25, 0.3) is 0 Å². The number of pyridine rings is 1. The molecule has 0 spiro atoms. The van der Waals surface area contributed by atoms with Gasteiger partial charge in [-0.25, -0.2) is 4.79 Å². The van der Waals surface area contributed by atoms with Gasteiger partial charge in [-0.05, 0) is 5.56 Å². The van der Waals surface area contributed by atoms with Gasteiger partial charge in [-0.2, -0.15) is 0 Å². The maximum absolute atomic E-state index is 12.5. The second-order valence-corrected chi connectivity index (χ2v) is 5.27. The number of aromatic amines is 1. The molecule has 7 nitrogen and oxygen atoms in total. The van der Waals surface area contributed by atoms with E-state index in [1.54, 1.807) is 0 Å². The fourth-order valence-corrected chi connectivity index (χ4v) is 2.59. The number of methoxy groups -OCH3 is 1. The zero-order chi connectivity index (χ0) is 18.0. The van der Waals surface area contributed by atoms with Crippen LogP contribution in [0.3, 0.4) is 0 Å². The highest BCUT2D eigenvalue weighted by Crippen LogP contribution is 2.39. The van der Waals surface area contributed by atoms with Crippen LogP contribution in [0.15, 0.2) is 47.3 Å². The number of fused-ring (bicyclic) bond motifs is 1. The van der Waals surface area contributed by atoms with Crippen LogP contribution in [0.25, 0.3) is 22.2 Å². The van der Waals surface area contributed by atoms with E-state index < -0.39 is 18.0 Å². The van der Waals surface area contributed by atoms with Crippen LogP contribution in [0.1, 0.15) is 0 Å². The average Bonchev–Trinajstić information content (AvgIpc) is 2.60. The van der Waals surface area contributed by atoms with Crippen molar-refractivity contribution in [3.63, 3.8) is 0 Å². The number of rotatable bonds is 5. The van der Waals surface area contributed by atoms with Crippen LogP contribution in [0, 0.1) is 0 Å². The lowest BCUT2D eigenvalue weighted by atomic mass is 10.1. The number of phenols is 1. The van der Waals surface area contributed by atoms with Crippen LogP contribution in [0.5, 0.6) is 17.2 Å². The molecule has 0 aliphatic heterocycles. The summed E-state index contributed by atoms with van der Waals surface area (Å²) >= 11 is 0. The monoisotopic (exact) mass is 341 g/mol. The van der Waals surface area contributed by atoms with Crippen LogP contribution in [-0.4, -0.2) is 34.9 Å². The Labute approximate surface area is 142 Å². The summed E-state index contributed by atoms with van der Waals surface area (Å²) in [6.45, 7) is -0.607. The summed E-state index contributed by atoms with van der Waals surface area (Å²) in [5.74, 6) is -1.33. The SMILES string of the molecule is COc1c(OCC(=O)O)cc(O)c2c(=O)cc(-c3ccccc3)[nH]c12. The Bertz CT molecular complexity index is 994. The first-order valence-electron chi connectivity index (χ1n) is 7.38. The van der Waals surface area contributed by atoms with Crippen LogP contribution < -0.4 is 14.9 Å². The van der Waals surface area contributed by atoms with Crippen LogP contribution >= 0.6 is 0 Å². The first kappa shape index (κ1) is 16.4. The molecule has 2 aromatic carbocycles. The molecule has 3 rings (SSSR count). The number of hydrogen-bond donors (Lipinski definition) is 3. The number of carboxylic acids is 1. The maximum atomic E-state index is 12.5. The zero-order valence-corrected chi connectivity index (χ0v) is 13.3. The summed E-state index contributed by atoms with van der Waals surface area (Å²) in [6, 6.07) is 11.7. The molecule has 128 valence electrons. The van der Waals surface area contributed by atoms with Gasteiger partial charge in [0.15, 0.2) is 23.5 Å². The van der Waals surface area contributed by atoms with E-state index in [1.807, 2.05) is 30.3 Å². The lowest BCUT2D eigenvalue weighted by Gasteiger charge is -2.14. The Morgan fingerprint density at radius 1 is 1.20 bits per heavy atom. The van der Waals surface area contributed by atoms with Crippen molar-refractivity contribution in [3.8, 4) is 28.5 Å². The quantitative estimate of drug-likeness (QED) is 0.657. The van der Waals surface area contributed by atoms with E-state index in [0.717, 1.165) is 5.56 Å². The predicted octanol–water partition coefficient (Wildman–Crippen LogP) is 2.37. The van der Waals surface area contributed by atoms with Crippen molar-refractivity contribution in [2.45, 2.75) is 0 Å². The Morgan fingerprint density at radius 3 is 2.56 bits per heavy atom. The van der Waals surface area contributed by atoms with E-state index in [-0.39, 0.29) is 28.2 Å². The summed E-state index contributed by atoms with van der Waals surface area (Å²) in [6.07, 6.45) is 0. The van der Waals surface area contributed by atoms with E-state index in [0.29, 0.717) is 5.69 Å². The molecule has 1 aromatic heterocycles. The molecule has 0 aliphatic rings. The van der Waals surface area contributed by atoms with Gasteiger partial charge in [-0.1, -0.05) is 30.3 Å². The number of aromatic nitrogens is 1. The average molecular weight is 341 g/mol. The number of aliphatic carboxylic acids is 1. The number of H-pyrrole nitrogens is 1. The lowest BCUT2D eigenvalue weighted by Crippen LogP contribution is -2.11. The normalized spacial score (nSPS) is 10.6. The molecule has 0 saturated carbocycles. The van der Waals surface area contributed by atoms with Crippen molar-refractivity contribution in [2.24, 2.45) is 0 Å². The third kappa shape index (κ3) is 3.12. The van der Waals surface area contributed by atoms with Crippen LogP contribution in [0.2, 0.25) is 0 Å². The molecule has 0 bridgehead atoms. The molecular weight excluding hydrogens is 326 g/mol. The number of carboxylic acid groups (broad SMARTS) is 1. The Kier molecular flexibility index (Phi) is 4.30. The predicted molar refractivity (Wildman–Crippen MR) is 91.4 cm³/mol. The molecule has 0 aliphatic carbocycles. The molecule has 0 amide bonds. The molecule has 3 aromatic rings. The maximum Gasteiger partial charge on any atom is 0.341 e. The Balaban J connectivity index is 2.26. The molecule has 25 heavy (non-hydrogen) atoms. The van der Waals surface area contributed by atoms with Crippen LogP contribution in [0.4, 0.5) is 0 Å². The first-order chi connectivity index (χ1) is 12.0. The standard InChI is InChI=1S/C18H15NO6/c1-24-18-14(25-9-15(22)23)8-13(21)16-12(20)7-11(19-17(16)18)10-5-3-2-4-6-10/h2-8,21H,9H2,1H3,(H,19,20)(H,22,23). The van der Waals surface area contributed by atoms with Crippen molar-refractivity contribution in [1.82, 2.24) is 4.98 Å². The highest BCUT2D eigenvalue weighted by Gasteiger charge is 2.18. The summed E-state index contributed by atoms with van der Waals surface area (Å²) in [4.78, 5) is 26.3.